The van der Waals surface area contributed by atoms with Crippen LogP contribution in [0.4, 0.5) is 0 Å². The van der Waals surface area contributed by atoms with E-state index < -0.39 is 21.4 Å². The Balaban J connectivity index is 2.87. The van der Waals surface area contributed by atoms with Crippen molar-refractivity contribution in [1.82, 2.24) is 0 Å². The maximum atomic E-state index is 11.6. The molecule has 0 N–H and O–H groups in total. The fourth-order valence-corrected chi connectivity index (χ4v) is 1.89. The maximum absolute atomic E-state index is 11.6. The number of carbonyl (C=O) groups excluding carboxylic acids is 1. The van der Waals surface area contributed by atoms with Crippen molar-refractivity contribution in [3.63, 3.8) is 0 Å². The molecular weight excluding hydrogens is 228 g/mol. The molecule has 5 heteroatoms. The van der Waals surface area contributed by atoms with Gasteiger partial charge in [0.15, 0.2) is 15.6 Å². The molecule has 0 fully saturated rings. The summed E-state index contributed by atoms with van der Waals surface area (Å²) in [5.41, 5.74) is 0.358. The Kier molecular flexibility index (Phi) is 4.06. The van der Waals surface area contributed by atoms with E-state index in [9.17, 15) is 13.2 Å². The van der Waals surface area contributed by atoms with Crippen LogP contribution in [-0.4, -0.2) is 32.8 Å². The van der Waals surface area contributed by atoms with Gasteiger partial charge in [-0.25, -0.2) is 8.42 Å². The van der Waals surface area contributed by atoms with Crippen LogP contribution in [0.1, 0.15) is 17.3 Å². The van der Waals surface area contributed by atoms with E-state index in [-0.39, 0.29) is 0 Å². The Morgan fingerprint density at radius 3 is 2.62 bits per heavy atom. The Hall–Kier alpha value is -1.36. The van der Waals surface area contributed by atoms with E-state index in [1.54, 1.807) is 24.3 Å². The molecule has 0 saturated heterocycles. The number of hydrogen-bond donors (Lipinski definition) is 0. The van der Waals surface area contributed by atoms with Crippen LogP contribution in [0, 0.1) is 0 Å². The zero-order valence-electron chi connectivity index (χ0n) is 9.26. The molecule has 0 aliphatic carbocycles. The zero-order chi connectivity index (χ0) is 12.2. The summed E-state index contributed by atoms with van der Waals surface area (Å²) in [4.78, 5) is 11.6. The molecule has 0 aliphatic heterocycles. The highest BCUT2D eigenvalue weighted by atomic mass is 32.2. The molecule has 0 amide bonds. The topological polar surface area (TPSA) is 60.4 Å². The summed E-state index contributed by atoms with van der Waals surface area (Å²) in [6.07, 6.45) is 1.04. The fourth-order valence-electron chi connectivity index (χ4n) is 1.25. The fraction of sp³-hybridized carbons (Fsp3) is 0.364. The van der Waals surface area contributed by atoms with Gasteiger partial charge in [-0.3, -0.25) is 4.79 Å². The first-order chi connectivity index (χ1) is 7.42. The number of ether oxygens (including phenoxy) is 1. The van der Waals surface area contributed by atoms with Crippen molar-refractivity contribution in [3.8, 4) is 5.75 Å². The second kappa shape index (κ2) is 5.12. The van der Waals surface area contributed by atoms with Crippen molar-refractivity contribution < 1.29 is 17.9 Å². The Morgan fingerprint density at radius 2 is 2.06 bits per heavy atom. The summed E-state index contributed by atoms with van der Waals surface area (Å²) in [6, 6.07) is 6.52. The third-order valence-corrected chi connectivity index (χ3v) is 2.65. The van der Waals surface area contributed by atoms with E-state index >= 15 is 0 Å². The highest BCUT2D eigenvalue weighted by Crippen LogP contribution is 2.14. The second-order valence-electron chi connectivity index (χ2n) is 3.45. The Bertz CT molecular complexity index is 477. The SMILES string of the molecule is CCOc1cccc(C(=O)CS(C)(=O)=O)c1. The van der Waals surface area contributed by atoms with E-state index in [0.29, 0.717) is 17.9 Å². The van der Waals surface area contributed by atoms with Crippen LogP contribution in [0.5, 0.6) is 5.75 Å². The first-order valence-electron chi connectivity index (χ1n) is 4.86. The number of ketones is 1. The molecular formula is C11H14O4S. The van der Waals surface area contributed by atoms with E-state index in [4.69, 9.17) is 4.74 Å². The molecule has 0 aliphatic rings. The van der Waals surface area contributed by atoms with E-state index in [2.05, 4.69) is 0 Å². The highest BCUT2D eigenvalue weighted by Gasteiger charge is 2.13. The van der Waals surface area contributed by atoms with Crippen molar-refractivity contribution in [3.05, 3.63) is 29.8 Å². The van der Waals surface area contributed by atoms with Gasteiger partial charge in [-0.05, 0) is 19.1 Å². The first kappa shape index (κ1) is 12.7. The molecule has 0 heterocycles. The van der Waals surface area contributed by atoms with Gasteiger partial charge >= 0.3 is 0 Å². The van der Waals surface area contributed by atoms with Gasteiger partial charge in [0.2, 0.25) is 0 Å². The van der Waals surface area contributed by atoms with Gasteiger partial charge < -0.3 is 4.74 Å². The minimum absolute atomic E-state index is 0.358. The normalized spacial score (nSPS) is 11.1. The van der Waals surface area contributed by atoms with Crippen LogP contribution in [0.15, 0.2) is 24.3 Å². The molecule has 4 nitrogen and oxygen atoms in total. The molecule has 1 aromatic rings. The number of sulfone groups is 1. The quantitative estimate of drug-likeness (QED) is 0.730. The van der Waals surface area contributed by atoms with Gasteiger partial charge in [0.25, 0.3) is 0 Å². The lowest BCUT2D eigenvalue weighted by atomic mass is 10.1. The van der Waals surface area contributed by atoms with Crippen molar-refractivity contribution >= 4 is 15.6 Å². The zero-order valence-corrected chi connectivity index (χ0v) is 10.1. The molecule has 1 aromatic carbocycles. The highest BCUT2D eigenvalue weighted by molar-refractivity contribution is 7.91. The van der Waals surface area contributed by atoms with Crippen molar-refractivity contribution in [2.24, 2.45) is 0 Å². The summed E-state index contributed by atoms with van der Waals surface area (Å²) >= 11 is 0. The number of benzene rings is 1. The first-order valence-corrected chi connectivity index (χ1v) is 6.92. The van der Waals surface area contributed by atoms with Crippen molar-refractivity contribution in [1.29, 1.82) is 0 Å². The summed E-state index contributed by atoms with van der Waals surface area (Å²) in [5, 5.41) is 0. The minimum Gasteiger partial charge on any atom is -0.494 e. The third-order valence-electron chi connectivity index (χ3n) is 1.86. The molecule has 0 saturated carbocycles. The average molecular weight is 242 g/mol. The molecule has 0 radical (unpaired) electrons. The molecule has 1 rings (SSSR count). The van der Waals surface area contributed by atoms with E-state index in [0.717, 1.165) is 6.26 Å². The second-order valence-corrected chi connectivity index (χ2v) is 5.59. The van der Waals surface area contributed by atoms with E-state index in [1.165, 1.54) is 0 Å². The summed E-state index contributed by atoms with van der Waals surface area (Å²) < 4.78 is 27.2. The molecule has 0 unspecified atom stereocenters. The molecule has 88 valence electrons. The Morgan fingerprint density at radius 1 is 1.38 bits per heavy atom. The van der Waals surface area contributed by atoms with Crippen LogP contribution in [-0.2, 0) is 9.84 Å². The molecule has 0 bridgehead atoms. The number of Topliss-reactive ketones (excluding diaryl/α,β-unsaturated/α-hetero) is 1. The largest absolute Gasteiger partial charge is 0.494 e. The lowest BCUT2D eigenvalue weighted by Gasteiger charge is -2.04. The predicted molar refractivity (Wildman–Crippen MR) is 61.7 cm³/mol. The molecule has 16 heavy (non-hydrogen) atoms. The van der Waals surface area contributed by atoms with Gasteiger partial charge in [-0.1, -0.05) is 12.1 Å². The lowest BCUT2D eigenvalue weighted by Crippen LogP contribution is -2.14. The number of carbonyl (C=O) groups is 1. The van der Waals surface area contributed by atoms with Crippen LogP contribution < -0.4 is 4.74 Å². The van der Waals surface area contributed by atoms with Gasteiger partial charge in [-0.15, -0.1) is 0 Å². The number of hydrogen-bond acceptors (Lipinski definition) is 4. The summed E-state index contributed by atoms with van der Waals surface area (Å²) in [5.74, 6) is -0.311. The van der Waals surface area contributed by atoms with Crippen LogP contribution in [0.3, 0.4) is 0 Å². The standard InChI is InChI=1S/C11H14O4S/c1-3-15-10-6-4-5-9(7-10)11(12)8-16(2,13)14/h4-7H,3,8H2,1-2H3. The molecule has 0 aromatic heterocycles. The summed E-state index contributed by atoms with van der Waals surface area (Å²) in [6.45, 7) is 2.34. The summed E-state index contributed by atoms with van der Waals surface area (Å²) in [7, 11) is -3.29. The van der Waals surface area contributed by atoms with Crippen LogP contribution in [0.25, 0.3) is 0 Å². The monoisotopic (exact) mass is 242 g/mol. The van der Waals surface area contributed by atoms with Crippen LogP contribution >= 0.6 is 0 Å². The third kappa shape index (κ3) is 4.02. The minimum atomic E-state index is -3.29. The van der Waals surface area contributed by atoms with E-state index in [1.807, 2.05) is 6.92 Å². The van der Waals surface area contributed by atoms with Gasteiger partial charge in [-0.2, -0.15) is 0 Å². The predicted octanol–water partition coefficient (Wildman–Crippen LogP) is 1.31. The van der Waals surface area contributed by atoms with Gasteiger partial charge in [0.05, 0.1) is 6.61 Å². The number of rotatable bonds is 5. The molecule has 0 spiro atoms. The lowest BCUT2D eigenvalue weighted by molar-refractivity contribution is 0.102. The van der Waals surface area contributed by atoms with Gasteiger partial charge in [0.1, 0.15) is 11.5 Å². The van der Waals surface area contributed by atoms with Crippen molar-refractivity contribution in [2.45, 2.75) is 6.92 Å². The molecule has 0 atom stereocenters. The maximum Gasteiger partial charge on any atom is 0.177 e. The van der Waals surface area contributed by atoms with Crippen LogP contribution in [0.2, 0.25) is 0 Å². The van der Waals surface area contributed by atoms with Crippen molar-refractivity contribution in [2.75, 3.05) is 18.6 Å². The average Bonchev–Trinajstić information content (AvgIpc) is 2.16. The van der Waals surface area contributed by atoms with Gasteiger partial charge in [0, 0.05) is 11.8 Å². The Labute approximate surface area is 95.2 Å². The smallest absolute Gasteiger partial charge is 0.177 e.